The van der Waals surface area contributed by atoms with Gasteiger partial charge in [-0.15, -0.1) is 24.0 Å². The summed E-state index contributed by atoms with van der Waals surface area (Å²) in [6, 6.07) is 3.83. The molecule has 0 radical (unpaired) electrons. The quantitative estimate of drug-likeness (QED) is 0.260. The molecule has 5 nitrogen and oxygen atoms in total. The molecular formula is C20H34ClIN4O. The second-order valence-electron chi connectivity index (χ2n) is 7.95. The van der Waals surface area contributed by atoms with Gasteiger partial charge in [0.1, 0.15) is 5.15 Å². The fourth-order valence-electron chi connectivity index (χ4n) is 3.42. The lowest BCUT2D eigenvalue weighted by atomic mass is 9.78. The molecule has 1 aromatic rings. The van der Waals surface area contributed by atoms with Gasteiger partial charge in [-0.05, 0) is 43.2 Å². The van der Waals surface area contributed by atoms with Gasteiger partial charge in [0, 0.05) is 38.4 Å². The number of halogens is 2. The van der Waals surface area contributed by atoms with Crippen molar-refractivity contribution in [1.82, 2.24) is 15.6 Å². The highest BCUT2D eigenvalue weighted by Crippen LogP contribution is 2.34. The van der Waals surface area contributed by atoms with Crippen molar-refractivity contribution in [1.29, 1.82) is 0 Å². The van der Waals surface area contributed by atoms with Crippen molar-refractivity contribution in [3.8, 4) is 0 Å². The highest BCUT2D eigenvalue weighted by atomic mass is 127. The molecule has 1 aliphatic heterocycles. The normalized spacial score (nSPS) is 20.7. The van der Waals surface area contributed by atoms with Gasteiger partial charge in [0.2, 0.25) is 0 Å². The third kappa shape index (κ3) is 8.52. The summed E-state index contributed by atoms with van der Waals surface area (Å²) in [5.74, 6) is 1.34. The van der Waals surface area contributed by atoms with Crippen LogP contribution in [0, 0.1) is 11.3 Å². The maximum absolute atomic E-state index is 6.07. The summed E-state index contributed by atoms with van der Waals surface area (Å²) in [6.07, 6.45) is 5.28. The standard InChI is InChI=1S/C20H33ClN4O.HI/c1-5-22-19(23-11-10-15-8-9-17(21)24-13-15)25-14-16-7-6-12-26-18(16)20(2,3)4;/h8-9,13,16,18H,5-7,10-12,14H2,1-4H3,(H2,22,23,25);1H. The molecule has 2 unspecified atom stereocenters. The van der Waals surface area contributed by atoms with Crippen LogP contribution in [-0.2, 0) is 11.2 Å². The average Bonchev–Trinajstić information content (AvgIpc) is 2.61. The summed E-state index contributed by atoms with van der Waals surface area (Å²) in [5, 5.41) is 7.27. The minimum atomic E-state index is 0. The first-order valence-corrected chi connectivity index (χ1v) is 10.0. The van der Waals surface area contributed by atoms with E-state index >= 15 is 0 Å². The van der Waals surface area contributed by atoms with E-state index in [0.29, 0.717) is 11.1 Å². The van der Waals surface area contributed by atoms with Crippen molar-refractivity contribution in [2.75, 3.05) is 26.2 Å². The Morgan fingerprint density at radius 3 is 2.74 bits per heavy atom. The Morgan fingerprint density at radius 2 is 2.11 bits per heavy atom. The maximum atomic E-state index is 6.07. The topological polar surface area (TPSA) is 58.5 Å². The Morgan fingerprint density at radius 1 is 1.33 bits per heavy atom. The molecule has 0 saturated carbocycles. The van der Waals surface area contributed by atoms with Gasteiger partial charge in [-0.1, -0.05) is 38.4 Å². The third-order valence-corrected chi connectivity index (χ3v) is 4.84. The molecule has 2 heterocycles. The molecular weight excluding hydrogens is 475 g/mol. The van der Waals surface area contributed by atoms with Crippen molar-refractivity contribution in [3.05, 3.63) is 29.0 Å². The first kappa shape index (κ1) is 24.4. The van der Waals surface area contributed by atoms with E-state index in [9.17, 15) is 0 Å². The molecule has 0 aliphatic carbocycles. The Hall–Kier alpha value is -0.600. The number of ether oxygens (including phenoxy) is 1. The van der Waals surface area contributed by atoms with E-state index in [2.05, 4.69) is 43.3 Å². The molecule has 0 amide bonds. The number of rotatable bonds is 6. The number of aromatic nitrogens is 1. The second kappa shape index (κ2) is 12.1. The first-order chi connectivity index (χ1) is 12.4. The van der Waals surface area contributed by atoms with E-state index in [-0.39, 0.29) is 35.5 Å². The van der Waals surface area contributed by atoms with E-state index < -0.39 is 0 Å². The Balaban J connectivity index is 0.00000364. The first-order valence-electron chi connectivity index (χ1n) is 9.64. The average molecular weight is 509 g/mol. The molecule has 154 valence electrons. The summed E-state index contributed by atoms with van der Waals surface area (Å²) in [5.41, 5.74) is 1.31. The van der Waals surface area contributed by atoms with Gasteiger partial charge < -0.3 is 15.4 Å². The van der Waals surface area contributed by atoms with Gasteiger partial charge >= 0.3 is 0 Å². The van der Waals surface area contributed by atoms with Crippen molar-refractivity contribution in [2.24, 2.45) is 16.3 Å². The summed E-state index contributed by atoms with van der Waals surface area (Å²) in [6.45, 7) is 12.2. The van der Waals surface area contributed by atoms with Crippen LogP contribution in [0.1, 0.15) is 46.1 Å². The van der Waals surface area contributed by atoms with Crippen molar-refractivity contribution in [3.63, 3.8) is 0 Å². The second-order valence-corrected chi connectivity index (χ2v) is 8.33. The Labute approximate surface area is 186 Å². The van der Waals surface area contributed by atoms with Gasteiger partial charge in [-0.3, -0.25) is 4.99 Å². The zero-order chi connectivity index (χ0) is 19.0. The molecule has 0 bridgehead atoms. The zero-order valence-corrected chi connectivity index (χ0v) is 20.0. The summed E-state index contributed by atoms with van der Waals surface area (Å²) in [7, 11) is 0. The molecule has 0 aromatic carbocycles. The number of guanidine groups is 1. The Bertz CT molecular complexity index is 574. The molecule has 27 heavy (non-hydrogen) atoms. The predicted octanol–water partition coefficient (Wildman–Crippen LogP) is 4.29. The van der Waals surface area contributed by atoms with E-state index in [1.165, 1.54) is 6.42 Å². The lowest BCUT2D eigenvalue weighted by molar-refractivity contribution is -0.0823. The number of hydrogen-bond donors (Lipinski definition) is 2. The number of nitrogens with zero attached hydrogens (tertiary/aromatic N) is 2. The third-order valence-electron chi connectivity index (χ3n) is 4.62. The molecule has 2 N–H and O–H groups in total. The molecule has 1 aliphatic rings. The van der Waals surface area contributed by atoms with Crippen LogP contribution in [0.25, 0.3) is 0 Å². The van der Waals surface area contributed by atoms with Crippen LogP contribution in [0.4, 0.5) is 0 Å². The Kier molecular flexibility index (Phi) is 10.9. The summed E-state index contributed by atoms with van der Waals surface area (Å²) in [4.78, 5) is 8.94. The van der Waals surface area contributed by atoms with Gasteiger partial charge in [-0.2, -0.15) is 0 Å². The lowest BCUT2D eigenvalue weighted by Crippen LogP contribution is -2.43. The van der Waals surface area contributed by atoms with Gasteiger partial charge in [0.25, 0.3) is 0 Å². The largest absolute Gasteiger partial charge is 0.377 e. The number of nitrogens with one attached hydrogen (secondary N) is 2. The van der Waals surface area contributed by atoms with Crippen LogP contribution in [0.3, 0.4) is 0 Å². The molecule has 1 fully saturated rings. The zero-order valence-electron chi connectivity index (χ0n) is 16.9. The molecule has 1 aromatic heterocycles. The minimum Gasteiger partial charge on any atom is -0.377 e. The van der Waals surface area contributed by atoms with E-state index in [1.54, 1.807) is 0 Å². The molecule has 7 heteroatoms. The molecule has 2 rings (SSSR count). The van der Waals surface area contributed by atoms with Crippen LogP contribution < -0.4 is 10.6 Å². The smallest absolute Gasteiger partial charge is 0.191 e. The minimum absolute atomic E-state index is 0. The van der Waals surface area contributed by atoms with Crippen molar-refractivity contribution in [2.45, 2.75) is 53.1 Å². The van der Waals surface area contributed by atoms with Crippen LogP contribution in [0.2, 0.25) is 5.15 Å². The molecule has 2 atom stereocenters. The van der Waals surface area contributed by atoms with Gasteiger partial charge in [0.15, 0.2) is 5.96 Å². The van der Waals surface area contributed by atoms with Crippen molar-refractivity contribution >= 4 is 41.5 Å². The van der Waals surface area contributed by atoms with E-state index in [4.69, 9.17) is 21.3 Å². The highest BCUT2D eigenvalue weighted by molar-refractivity contribution is 14.0. The SMILES string of the molecule is CCNC(=NCC1CCCOC1C(C)(C)C)NCCc1ccc(Cl)nc1.I. The van der Waals surface area contributed by atoms with Crippen LogP contribution in [0.5, 0.6) is 0 Å². The van der Waals surface area contributed by atoms with Crippen molar-refractivity contribution < 1.29 is 4.74 Å². The molecule has 0 spiro atoms. The number of hydrogen-bond acceptors (Lipinski definition) is 3. The number of aliphatic imine (C=N–C) groups is 1. The monoisotopic (exact) mass is 508 g/mol. The molecule has 1 saturated heterocycles. The van der Waals surface area contributed by atoms with Gasteiger partial charge in [0.05, 0.1) is 6.10 Å². The van der Waals surface area contributed by atoms with E-state index in [1.807, 2.05) is 18.3 Å². The number of pyridine rings is 1. The predicted molar refractivity (Wildman–Crippen MR) is 124 cm³/mol. The highest BCUT2D eigenvalue weighted by Gasteiger charge is 2.35. The van der Waals surface area contributed by atoms with Crippen LogP contribution >= 0.6 is 35.6 Å². The summed E-state index contributed by atoms with van der Waals surface area (Å²) >= 11 is 5.83. The summed E-state index contributed by atoms with van der Waals surface area (Å²) < 4.78 is 6.07. The fourth-order valence-corrected chi connectivity index (χ4v) is 3.53. The van der Waals surface area contributed by atoms with Crippen LogP contribution in [0.15, 0.2) is 23.3 Å². The maximum Gasteiger partial charge on any atom is 0.191 e. The van der Waals surface area contributed by atoms with E-state index in [0.717, 1.165) is 50.6 Å². The van der Waals surface area contributed by atoms with Crippen LogP contribution in [-0.4, -0.2) is 43.3 Å². The van der Waals surface area contributed by atoms with Gasteiger partial charge in [-0.25, -0.2) is 4.98 Å². The fraction of sp³-hybridized carbons (Fsp3) is 0.700. The lowest BCUT2D eigenvalue weighted by Gasteiger charge is -2.39.